The molecule has 2 amide bonds. The normalized spacial score (nSPS) is 11.9. The minimum atomic E-state index is -0.697. The smallest absolute Gasteiger partial charge is 0.287 e. The molecule has 1 heterocycles. The monoisotopic (exact) mass is 356 g/mol. The largest absolute Gasteiger partial charge is 0.451 e. The zero-order valence-electron chi connectivity index (χ0n) is 13.6. The molecule has 5 nitrogen and oxygen atoms in total. The van der Waals surface area contributed by atoms with Crippen LogP contribution in [0.3, 0.4) is 0 Å². The Balaban J connectivity index is 1.79. The van der Waals surface area contributed by atoms with Crippen molar-refractivity contribution in [1.82, 2.24) is 10.6 Å². The molecule has 3 aromatic rings. The van der Waals surface area contributed by atoms with Crippen molar-refractivity contribution in [3.63, 3.8) is 0 Å². The minimum Gasteiger partial charge on any atom is -0.451 e. The summed E-state index contributed by atoms with van der Waals surface area (Å²) in [6.45, 7) is 0. The third-order valence-electron chi connectivity index (χ3n) is 3.85. The molecule has 25 heavy (non-hydrogen) atoms. The first-order chi connectivity index (χ1) is 12.1. The highest BCUT2D eigenvalue weighted by atomic mass is 35.5. The number of furan rings is 1. The fraction of sp³-hybridized carbons (Fsp3) is 0.158. The van der Waals surface area contributed by atoms with Crippen LogP contribution in [-0.4, -0.2) is 24.9 Å². The first kappa shape index (κ1) is 17.0. The van der Waals surface area contributed by atoms with E-state index in [1.54, 1.807) is 24.3 Å². The van der Waals surface area contributed by atoms with Gasteiger partial charge in [0.15, 0.2) is 5.76 Å². The molecule has 0 aliphatic heterocycles. The SMILES string of the molecule is CNC(=O)C(Cc1ccccc1)NC(=O)c1cc2cc(Cl)ccc2o1. The maximum absolute atomic E-state index is 12.5. The number of rotatable bonds is 5. The molecule has 0 saturated carbocycles. The van der Waals surface area contributed by atoms with E-state index >= 15 is 0 Å². The van der Waals surface area contributed by atoms with Crippen LogP contribution >= 0.6 is 11.6 Å². The van der Waals surface area contributed by atoms with Gasteiger partial charge in [-0.15, -0.1) is 0 Å². The van der Waals surface area contributed by atoms with Gasteiger partial charge in [-0.05, 0) is 29.8 Å². The standard InChI is InChI=1S/C19H17ClN2O3/c1-21-18(23)15(9-12-5-3-2-4-6-12)22-19(24)17-11-13-10-14(20)7-8-16(13)25-17/h2-8,10-11,15H,9H2,1H3,(H,21,23)(H,22,24). The molecule has 0 aliphatic rings. The molecular formula is C19H17ClN2O3. The second-order valence-corrected chi connectivity index (χ2v) is 6.06. The molecule has 0 radical (unpaired) electrons. The maximum Gasteiger partial charge on any atom is 0.287 e. The van der Waals surface area contributed by atoms with Crippen LogP contribution in [-0.2, 0) is 11.2 Å². The summed E-state index contributed by atoms with van der Waals surface area (Å²) in [4.78, 5) is 24.6. The molecule has 128 valence electrons. The Morgan fingerprint density at radius 2 is 1.88 bits per heavy atom. The van der Waals surface area contributed by atoms with Crippen LogP contribution < -0.4 is 10.6 Å². The molecular weight excluding hydrogens is 340 g/mol. The van der Waals surface area contributed by atoms with Gasteiger partial charge in [0.25, 0.3) is 5.91 Å². The van der Waals surface area contributed by atoms with Crippen LogP contribution in [0.4, 0.5) is 0 Å². The Labute approximate surface area is 150 Å². The summed E-state index contributed by atoms with van der Waals surface area (Å²) in [5.41, 5.74) is 1.52. The summed E-state index contributed by atoms with van der Waals surface area (Å²) in [5.74, 6) is -0.576. The van der Waals surface area contributed by atoms with Crippen molar-refractivity contribution in [2.24, 2.45) is 0 Å². The molecule has 2 aromatic carbocycles. The van der Waals surface area contributed by atoms with Crippen LogP contribution in [0.1, 0.15) is 16.1 Å². The number of carbonyl (C=O) groups is 2. The Kier molecular flexibility index (Phi) is 5.05. The number of carbonyl (C=O) groups excluding carboxylic acids is 2. The van der Waals surface area contributed by atoms with Crippen molar-refractivity contribution in [3.05, 3.63) is 70.9 Å². The van der Waals surface area contributed by atoms with Gasteiger partial charge < -0.3 is 15.1 Å². The van der Waals surface area contributed by atoms with E-state index in [0.717, 1.165) is 10.9 Å². The quantitative estimate of drug-likeness (QED) is 0.737. The summed E-state index contributed by atoms with van der Waals surface area (Å²) < 4.78 is 5.55. The lowest BCUT2D eigenvalue weighted by atomic mass is 10.1. The Morgan fingerprint density at radius 3 is 2.60 bits per heavy atom. The van der Waals surface area contributed by atoms with Gasteiger partial charge in [0.2, 0.25) is 5.91 Å². The van der Waals surface area contributed by atoms with Gasteiger partial charge in [0.05, 0.1) is 0 Å². The van der Waals surface area contributed by atoms with Crippen molar-refractivity contribution < 1.29 is 14.0 Å². The Hall–Kier alpha value is -2.79. The fourth-order valence-corrected chi connectivity index (χ4v) is 2.77. The molecule has 1 unspecified atom stereocenters. The highest BCUT2D eigenvalue weighted by molar-refractivity contribution is 6.31. The van der Waals surface area contributed by atoms with E-state index in [2.05, 4.69) is 10.6 Å². The maximum atomic E-state index is 12.5. The average molecular weight is 357 g/mol. The first-order valence-corrected chi connectivity index (χ1v) is 8.20. The van der Waals surface area contributed by atoms with E-state index in [1.165, 1.54) is 7.05 Å². The summed E-state index contributed by atoms with van der Waals surface area (Å²) in [5, 5.41) is 6.60. The molecule has 0 aliphatic carbocycles. The summed E-state index contributed by atoms with van der Waals surface area (Å²) in [6.07, 6.45) is 0.387. The van der Waals surface area contributed by atoms with E-state index in [-0.39, 0.29) is 11.7 Å². The molecule has 1 aromatic heterocycles. The van der Waals surface area contributed by atoms with Crippen molar-refractivity contribution in [1.29, 1.82) is 0 Å². The Morgan fingerprint density at radius 1 is 1.12 bits per heavy atom. The second kappa shape index (κ2) is 7.40. The van der Waals surface area contributed by atoms with Crippen LogP contribution in [0.25, 0.3) is 11.0 Å². The van der Waals surface area contributed by atoms with E-state index in [0.29, 0.717) is 17.0 Å². The van der Waals surface area contributed by atoms with Gasteiger partial charge in [0.1, 0.15) is 11.6 Å². The lowest BCUT2D eigenvalue weighted by molar-refractivity contribution is -0.122. The second-order valence-electron chi connectivity index (χ2n) is 5.62. The topological polar surface area (TPSA) is 71.3 Å². The average Bonchev–Trinajstić information content (AvgIpc) is 3.04. The molecule has 2 N–H and O–H groups in total. The highest BCUT2D eigenvalue weighted by Crippen LogP contribution is 2.23. The van der Waals surface area contributed by atoms with E-state index < -0.39 is 11.9 Å². The fourth-order valence-electron chi connectivity index (χ4n) is 2.59. The summed E-state index contributed by atoms with van der Waals surface area (Å²) in [7, 11) is 1.54. The van der Waals surface area contributed by atoms with Gasteiger partial charge in [-0.3, -0.25) is 9.59 Å². The molecule has 6 heteroatoms. The number of nitrogens with one attached hydrogen (secondary N) is 2. The number of likely N-dealkylation sites (N-methyl/N-ethyl adjacent to an activating group) is 1. The van der Waals surface area contributed by atoms with Crippen LogP contribution in [0.15, 0.2) is 59.0 Å². The van der Waals surface area contributed by atoms with Crippen LogP contribution in [0.5, 0.6) is 0 Å². The predicted molar refractivity (Wildman–Crippen MR) is 96.7 cm³/mol. The van der Waals surface area contributed by atoms with Crippen molar-refractivity contribution in [3.8, 4) is 0 Å². The third kappa shape index (κ3) is 4.00. The number of hydrogen-bond acceptors (Lipinski definition) is 3. The van der Waals surface area contributed by atoms with E-state index in [9.17, 15) is 9.59 Å². The zero-order chi connectivity index (χ0) is 17.8. The lowest BCUT2D eigenvalue weighted by Crippen LogP contribution is -2.47. The van der Waals surface area contributed by atoms with Gasteiger partial charge in [-0.25, -0.2) is 0 Å². The number of halogens is 1. The number of fused-ring (bicyclic) bond motifs is 1. The van der Waals surface area contributed by atoms with Gasteiger partial charge in [-0.2, -0.15) is 0 Å². The highest BCUT2D eigenvalue weighted by Gasteiger charge is 2.22. The van der Waals surface area contributed by atoms with E-state index in [4.69, 9.17) is 16.0 Å². The van der Waals surface area contributed by atoms with Crippen molar-refractivity contribution in [2.75, 3.05) is 7.05 Å². The van der Waals surface area contributed by atoms with Crippen molar-refractivity contribution >= 4 is 34.4 Å². The van der Waals surface area contributed by atoms with Crippen molar-refractivity contribution in [2.45, 2.75) is 12.5 Å². The molecule has 1 atom stereocenters. The molecule has 0 spiro atoms. The van der Waals surface area contributed by atoms with E-state index in [1.807, 2.05) is 30.3 Å². The van der Waals surface area contributed by atoms with Crippen LogP contribution in [0.2, 0.25) is 5.02 Å². The molecule has 0 fully saturated rings. The number of amides is 2. The van der Waals surface area contributed by atoms with Crippen LogP contribution in [0, 0.1) is 0 Å². The molecule has 0 saturated heterocycles. The Bertz CT molecular complexity index is 905. The number of hydrogen-bond donors (Lipinski definition) is 2. The number of benzene rings is 2. The first-order valence-electron chi connectivity index (χ1n) is 7.82. The molecule has 3 rings (SSSR count). The lowest BCUT2D eigenvalue weighted by Gasteiger charge is -2.16. The van der Waals surface area contributed by atoms with Gasteiger partial charge in [0, 0.05) is 23.9 Å². The summed E-state index contributed by atoms with van der Waals surface area (Å²) in [6, 6.07) is 15.5. The molecule has 0 bridgehead atoms. The summed E-state index contributed by atoms with van der Waals surface area (Å²) >= 11 is 5.95. The minimum absolute atomic E-state index is 0.138. The van der Waals surface area contributed by atoms with Gasteiger partial charge in [-0.1, -0.05) is 41.9 Å². The third-order valence-corrected chi connectivity index (χ3v) is 4.09. The van der Waals surface area contributed by atoms with Gasteiger partial charge >= 0.3 is 0 Å². The predicted octanol–water partition coefficient (Wildman–Crippen LogP) is 3.17. The zero-order valence-corrected chi connectivity index (χ0v) is 14.3.